The molecule has 0 bridgehead atoms. The third kappa shape index (κ3) is 5.22. The van der Waals surface area contributed by atoms with Gasteiger partial charge in [0.15, 0.2) is 0 Å². The molecule has 0 atom stereocenters. The third-order valence-corrected chi connectivity index (χ3v) is 4.45. The van der Waals surface area contributed by atoms with Crippen LogP contribution in [0.5, 0.6) is 0 Å². The van der Waals surface area contributed by atoms with Gasteiger partial charge in [0.2, 0.25) is 5.91 Å². The minimum atomic E-state index is -0.948. The van der Waals surface area contributed by atoms with E-state index in [1.54, 1.807) is 18.0 Å². The molecule has 8 heteroatoms. The fraction of sp³-hybridized carbons (Fsp3) is 0.421. The van der Waals surface area contributed by atoms with Crippen LogP contribution in [0.25, 0.3) is 10.9 Å². The van der Waals surface area contributed by atoms with Crippen LogP contribution < -0.4 is 5.32 Å². The molecule has 3 amide bonds. The highest BCUT2D eigenvalue weighted by atomic mass is 16.4. The first kappa shape index (κ1) is 20.3. The van der Waals surface area contributed by atoms with Crippen molar-refractivity contribution in [3.8, 4) is 0 Å². The number of carbonyl (C=O) groups excluding carboxylic acids is 2. The Morgan fingerprint density at radius 1 is 1.15 bits per heavy atom. The second kappa shape index (κ2) is 9.07. The van der Waals surface area contributed by atoms with Gasteiger partial charge in [-0.2, -0.15) is 0 Å². The second-order valence-electron chi connectivity index (χ2n) is 6.28. The van der Waals surface area contributed by atoms with E-state index in [-0.39, 0.29) is 31.4 Å². The van der Waals surface area contributed by atoms with Crippen molar-refractivity contribution in [2.45, 2.75) is 26.8 Å². The van der Waals surface area contributed by atoms with Crippen LogP contribution >= 0.6 is 0 Å². The van der Waals surface area contributed by atoms with Crippen molar-refractivity contribution in [3.63, 3.8) is 0 Å². The van der Waals surface area contributed by atoms with E-state index in [0.29, 0.717) is 18.8 Å². The van der Waals surface area contributed by atoms with Crippen LogP contribution in [0.4, 0.5) is 10.5 Å². The number of likely N-dealkylation sites (N-methyl/N-ethyl adjacent to an activating group) is 1. The van der Waals surface area contributed by atoms with Crippen LogP contribution in [-0.2, 0) is 16.1 Å². The normalized spacial score (nSPS) is 10.6. The zero-order chi connectivity index (χ0) is 20.0. The van der Waals surface area contributed by atoms with E-state index < -0.39 is 5.97 Å². The summed E-state index contributed by atoms with van der Waals surface area (Å²) < 4.78 is 1.89. The first-order valence-corrected chi connectivity index (χ1v) is 8.96. The predicted molar refractivity (Wildman–Crippen MR) is 104 cm³/mol. The molecule has 146 valence electrons. The molecule has 27 heavy (non-hydrogen) atoms. The number of nitrogens with zero attached hydrogens (tertiary/aromatic N) is 3. The van der Waals surface area contributed by atoms with Crippen LogP contribution in [0.1, 0.15) is 20.3 Å². The largest absolute Gasteiger partial charge is 0.481 e. The van der Waals surface area contributed by atoms with Gasteiger partial charge in [0.05, 0.1) is 6.42 Å². The molecule has 0 saturated carbocycles. The first-order valence-electron chi connectivity index (χ1n) is 8.96. The van der Waals surface area contributed by atoms with Crippen LogP contribution in [0.15, 0.2) is 30.5 Å². The molecule has 1 aromatic heterocycles. The molecule has 0 spiro atoms. The number of amides is 3. The summed E-state index contributed by atoms with van der Waals surface area (Å²) >= 11 is 0. The third-order valence-electron chi connectivity index (χ3n) is 4.45. The molecule has 0 radical (unpaired) electrons. The lowest BCUT2D eigenvalue weighted by atomic mass is 10.2. The van der Waals surface area contributed by atoms with Crippen molar-refractivity contribution in [2.75, 3.05) is 32.0 Å². The maximum atomic E-state index is 12.3. The molecule has 2 N–H and O–H groups in total. The summed E-state index contributed by atoms with van der Waals surface area (Å²) in [4.78, 5) is 38.1. The standard InChI is InChI=1S/C19H26N4O4/c1-4-22(5-2)17(24)13-23-11-8-14-12-15(6-7-16(14)23)20-19(27)21(3)10-9-18(25)26/h6-8,11-12H,4-5,9-10,13H2,1-3H3,(H,20,27)(H,25,26). The quantitative estimate of drug-likeness (QED) is 0.742. The number of carboxylic acids is 1. The Morgan fingerprint density at radius 3 is 2.48 bits per heavy atom. The summed E-state index contributed by atoms with van der Waals surface area (Å²) in [5.41, 5.74) is 1.52. The highest BCUT2D eigenvalue weighted by molar-refractivity contribution is 5.93. The first-order chi connectivity index (χ1) is 12.8. The van der Waals surface area contributed by atoms with Gasteiger partial charge in [-0.15, -0.1) is 0 Å². The number of carboxylic acid groups (broad SMARTS) is 1. The van der Waals surface area contributed by atoms with Crippen LogP contribution in [0.3, 0.4) is 0 Å². The fourth-order valence-corrected chi connectivity index (χ4v) is 2.82. The van der Waals surface area contributed by atoms with Gasteiger partial charge in [0, 0.05) is 49.5 Å². The van der Waals surface area contributed by atoms with Gasteiger partial charge >= 0.3 is 12.0 Å². The number of rotatable bonds is 8. The number of anilines is 1. The highest BCUT2D eigenvalue weighted by Gasteiger charge is 2.13. The molecule has 0 aliphatic rings. The number of hydrogen-bond donors (Lipinski definition) is 2. The topological polar surface area (TPSA) is 94.9 Å². The van der Waals surface area contributed by atoms with Gasteiger partial charge in [-0.1, -0.05) is 0 Å². The Bertz CT molecular complexity index is 826. The smallest absolute Gasteiger partial charge is 0.321 e. The fourth-order valence-electron chi connectivity index (χ4n) is 2.82. The van der Waals surface area contributed by atoms with Crippen molar-refractivity contribution in [1.29, 1.82) is 0 Å². The van der Waals surface area contributed by atoms with Crippen LogP contribution in [0, 0.1) is 0 Å². The molecule has 1 heterocycles. The predicted octanol–water partition coefficient (Wildman–Crippen LogP) is 2.45. The van der Waals surface area contributed by atoms with E-state index in [4.69, 9.17) is 5.11 Å². The van der Waals surface area contributed by atoms with Crippen LogP contribution in [-0.4, -0.2) is 64.1 Å². The van der Waals surface area contributed by atoms with Crippen molar-refractivity contribution >= 4 is 34.5 Å². The number of fused-ring (bicyclic) bond motifs is 1. The highest BCUT2D eigenvalue weighted by Crippen LogP contribution is 2.21. The monoisotopic (exact) mass is 374 g/mol. The van der Waals surface area contributed by atoms with Crippen molar-refractivity contribution in [1.82, 2.24) is 14.4 Å². The number of nitrogens with one attached hydrogen (secondary N) is 1. The molecule has 8 nitrogen and oxygen atoms in total. The Balaban J connectivity index is 2.07. The molecule has 2 rings (SSSR count). The molecule has 2 aromatic rings. The van der Waals surface area contributed by atoms with E-state index in [0.717, 1.165) is 10.9 Å². The zero-order valence-corrected chi connectivity index (χ0v) is 15.9. The molecule has 1 aromatic carbocycles. The van der Waals surface area contributed by atoms with Gasteiger partial charge in [0.1, 0.15) is 6.54 Å². The summed E-state index contributed by atoms with van der Waals surface area (Å²) in [7, 11) is 1.55. The average molecular weight is 374 g/mol. The van der Waals surface area contributed by atoms with Gasteiger partial charge in [-0.25, -0.2) is 4.79 Å². The van der Waals surface area contributed by atoms with Crippen LogP contribution in [0.2, 0.25) is 0 Å². The van der Waals surface area contributed by atoms with Gasteiger partial charge in [0.25, 0.3) is 0 Å². The lowest BCUT2D eigenvalue weighted by Crippen LogP contribution is -2.33. The average Bonchev–Trinajstić information content (AvgIpc) is 3.02. The van der Waals surface area contributed by atoms with Gasteiger partial charge in [-0.3, -0.25) is 9.59 Å². The van der Waals surface area contributed by atoms with Crippen molar-refractivity contribution in [2.24, 2.45) is 0 Å². The zero-order valence-electron chi connectivity index (χ0n) is 15.9. The van der Waals surface area contributed by atoms with E-state index in [1.807, 2.05) is 42.8 Å². The maximum Gasteiger partial charge on any atom is 0.321 e. The Labute approximate surface area is 158 Å². The van der Waals surface area contributed by atoms with E-state index in [2.05, 4.69) is 5.32 Å². The second-order valence-corrected chi connectivity index (χ2v) is 6.28. The SMILES string of the molecule is CCN(CC)C(=O)Cn1ccc2cc(NC(=O)N(C)CCC(=O)O)ccc21. The molecular formula is C19H26N4O4. The molecular weight excluding hydrogens is 348 g/mol. The number of urea groups is 1. The molecule has 0 unspecified atom stereocenters. The minimum Gasteiger partial charge on any atom is -0.481 e. The summed E-state index contributed by atoms with van der Waals surface area (Å²) in [6, 6.07) is 6.99. The van der Waals surface area contributed by atoms with E-state index in [9.17, 15) is 14.4 Å². The van der Waals surface area contributed by atoms with Gasteiger partial charge < -0.3 is 24.8 Å². The number of carbonyl (C=O) groups is 3. The van der Waals surface area contributed by atoms with Crippen molar-refractivity contribution in [3.05, 3.63) is 30.5 Å². The number of aliphatic carboxylic acids is 1. The summed E-state index contributed by atoms with van der Waals surface area (Å²) in [6.07, 6.45) is 1.75. The molecule has 0 aliphatic carbocycles. The van der Waals surface area contributed by atoms with E-state index in [1.165, 1.54) is 4.90 Å². The number of benzene rings is 1. The lowest BCUT2D eigenvalue weighted by Gasteiger charge is -2.19. The number of aromatic nitrogens is 1. The summed E-state index contributed by atoms with van der Waals surface area (Å²) in [6.45, 7) is 5.68. The Kier molecular flexibility index (Phi) is 6.81. The van der Waals surface area contributed by atoms with Gasteiger partial charge in [-0.05, 0) is 38.1 Å². The maximum absolute atomic E-state index is 12.3. The van der Waals surface area contributed by atoms with Crippen molar-refractivity contribution < 1.29 is 19.5 Å². The summed E-state index contributed by atoms with van der Waals surface area (Å²) in [5.74, 6) is -0.883. The Hall–Kier alpha value is -3.03. The Morgan fingerprint density at radius 2 is 1.85 bits per heavy atom. The number of hydrogen-bond acceptors (Lipinski definition) is 3. The van der Waals surface area contributed by atoms with E-state index >= 15 is 0 Å². The molecule has 0 saturated heterocycles. The molecule has 0 fully saturated rings. The minimum absolute atomic E-state index is 0.0648. The molecule has 0 aliphatic heterocycles. The summed E-state index contributed by atoms with van der Waals surface area (Å²) in [5, 5.41) is 12.4. The lowest BCUT2D eigenvalue weighted by molar-refractivity contribution is -0.137.